The minimum Gasteiger partial charge on any atom is -0.346 e. The fraction of sp³-hybridized carbons (Fsp3) is 0.250. The first-order chi connectivity index (χ1) is 10.2. The average Bonchev–Trinajstić information content (AvgIpc) is 2.94. The second-order valence-electron chi connectivity index (χ2n) is 4.93. The fourth-order valence-corrected chi connectivity index (χ4v) is 2.22. The Labute approximate surface area is 121 Å². The van der Waals surface area contributed by atoms with E-state index in [9.17, 15) is 4.39 Å². The summed E-state index contributed by atoms with van der Waals surface area (Å²) in [4.78, 5) is 4.16. The van der Waals surface area contributed by atoms with Gasteiger partial charge in [-0.3, -0.25) is 4.98 Å². The van der Waals surface area contributed by atoms with Gasteiger partial charge in [-0.2, -0.15) is 5.26 Å². The highest BCUT2D eigenvalue weighted by Gasteiger charge is 2.24. The van der Waals surface area contributed by atoms with E-state index >= 15 is 0 Å². The zero-order valence-corrected chi connectivity index (χ0v) is 11.4. The number of halogens is 1. The molecule has 1 aromatic carbocycles. The summed E-state index contributed by atoms with van der Waals surface area (Å²) in [5, 5.41) is 8.76. The number of nitriles is 1. The van der Waals surface area contributed by atoms with Crippen molar-refractivity contribution in [3.05, 3.63) is 53.6 Å². The Morgan fingerprint density at radius 1 is 1.29 bits per heavy atom. The van der Waals surface area contributed by atoms with E-state index in [1.165, 1.54) is 12.1 Å². The molecule has 2 atom stereocenters. The molecule has 2 aromatic rings. The lowest BCUT2D eigenvalue weighted by molar-refractivity contribution is -0.0573. The highest BCUT2D eigenvalue weighted by atomic mass is 19.1. The van der Waals surface area contributed by atoms with Gasteiger partial charge in [-0.1, -0.05) is 6.07 Å². The minimum absolute atomic E-state index is 0.0270. The molecule has 21 heavy (non-hydrogen) atoms. The molecule has 0 N–H and O–H groups in total. The molecule has 2 heterocycles. The van der Waals surface area contributed by atoms with Crippen molar-refractivity contribution in [1.29, 1.82) is 5.26 Å². The molecule has 2 unspecified atom stereocenters. The van der Waals surface area contributed by atoms with Crippen molar-refractivity contribution in [3.63, 3.8) is 0 Å². The third-order valence-corrected chi connectivity index (χ3v) is 3.29. The minimum atomic E-state index is -0.539. The molecule has 106 valence electrons. The van der Waals surface area contributed by atoms with E-state index in [0.717, 1.165) is 11.1 Å². The van der Waals surface area contributed by atoms with Gasteiger partial charge < -0.3 is 9.47 Å². The summed E-state index contributed by atoms with van der Waals surface area (Å²) >= 11 is 0. The topological polar surface area (TPSA) is 55.1 Å². The van der Waals surface area contributed by atoms with E-state index < -0.39 is 12.1 Å². The van der Waals surface area contributed by atoms with Crippen molar-refractivity contribution in [2.45, 2.75) is 19.3 Å². The van der Waals surface area contributed by atoms with Gasteiger partial charge in [0, 0.05) is 23.5 Å². The number of hydrogen-bond donors (Lipinski definition) is 0. The molecule has 4 nitrogen and oxygen atoms in total. The van der Waals surface area contributed by atoms with Crippen LogP contribution in [0, 0.1) is 17.1 Å². The first-order valence-electron chi connectivity index (χ1n) is 6.59. The maximum Gasteiger partial charge on any atom is 0.185 e. The maximum absolute atomic E-state index is 13.7. The number of aromatic nitrogens is 1. The lowest BCUT2D eigenvalue weighted by atomic mass is 10.0. The Hall–Kier alpha value is -2.29. The standard InChI is InChI=1S/C16H13FN2O2/c1-10-9-20-16(21-10)14-4-13(7-19-8-14)11-2-3-12(6-18)15(17)5-11/h2-5,7-8,10,16H,9H2,1H3. The van der Waals surface area contributed by atoms with Gasteiger partial charge in [-0.05, 0) is 30.7 Å². The van der Waals surface area contributed by atoms with Crippen LogP contribution in [0.4, 0.5) is 4.39 Å². The third-order valence-electron chi connectivity index (χ3n) is 3.29. The average molecular weight is 284 g/mol. The summed E-state index contributed by atoms with van der Waals surface area (Å²) in [6, 6.07) is 8.15. The molecule has 5 heteroatoms. The molecule has 0 saturated carbocycles. The summed E-state index contributed by atoms with van der Waals surface area (Å²) in [5.41, 5.74) is 2.23. The van der Waals surface area contributed by atoms with Crippen molar-refractivity contribution >= 4 is 0 Å². The molecule has 1 aromatic heterocycles. The van der Waals surface area contributed by atoms with E-state index in [-0.39, 0.29) is 11.7 Å². The van der Waals surface area contributed by atoms with Crippen LogP contribution in [0.3, 0.4) is 0 Å². The van der Waals surface area contributed by atoms with Crippen LogP contribution < -0.4 is 0 Å². The van der Waals surface area contributed by atoms with Crippen LogP contribution in [0.25, 0.3) is 11.1 Å². The molecule has 1 aliphatic heterocycles. The lowest BCUT2D eigenvalue weighted by Gasteiger charge is -2.11. The summed E-state index contributed by atoms with van der Waals surface area (Å²) in [5.74, 6) is -0.539. The highest BCUT2D eigenvalue weighted by Crippen LogP contribution is 2.29. The van der Waals surface area contributed by atoms with Crippen molar-refractivity contribution in [3.8, 4) is 17.2 Å². The molecule has 0 aliphatic carbocycles. The van der Waals surface area contributed by atoms with Gasteiger partial charge in [-0.15, -0.1) is 0 Å². The van der Waals surface area contributed by atoms with Crippen LogP contribution in [-0.2, 0) is 9.47 Å². The Morgan fingerprint density at radius 3 is 2.81 bits per heavy atom. The van der Waals surface area contributed by atoms with Gasteiger partial charge in [0.05, 0.1) is 18.3 Å². The predicted molar refractivity (Wildman–Crippen MR) is 73.6 cm³/mol. The molecule has 0 spiro atoms. The SMILES string of the molecule is CC1COC(c2cncc(-c3ccc(C#N)c(F)c3)c2)O1. The van der Waals surface area contributed by atoms with Gasteiger partial charge in [0.2, 0.25) is 0 Å². The molecule has 1 saturated heterocycles. The fourth-order valence-electron chi connectivity index (χ4n) is 2.22. The molecule has 3 rings (SSSR count). The first-order valence-corrected chi connectivity index (χ1v) is 6.59. The van der Waals surface area contributed by atoms with Gasteiger partial charge in [0.1, 0.15) is 11.9 Å². The molecular weight excluding hydrogens is 271 g/mol. The molecule has 0 amide bonds. The smallest absolute Gasteiger partial charge is 0.185 e. The van der Waals surface area contributed by atoms with Crippen LogP contribution in [-0.4, -0.2) is 17.7 Å². The molecule has 1 aliphatic rings. The monoisotopic (exact) mass is 284 g/mol. The van der Waals surface area contributed by atoms with Crippen molar-refractivity contribution < 1.29 is 13.9 Å². The molecule has 1 fully saturated rings. The number of rotatable bonds is 2. The quantitative estimate of drug-likeness (QED) is 0.849. The number of benzene rings is 1. The summed E-state index contributed by atoms with van der Waals surface area (Å²) < 4.78 is 24.8. The second-order valence-corrected chi connectivity index (χ2v) is 4.93. The lowest BCUT2D eigenvalue weighted by Crippen LogP contribution is -2.03. The van der Waals surface area contributed by atoms with Crippen molar-refractivity contribution in [1.82, 2.24) is 4.98 Å². The normalized spacial score (nSPS) is 21.2. The Kier molecular flexibility index (Phi) is 3.65. The summed E-state index contributed by atoms with van der Waals surface area (Å²) in [7, 11) is 0. The zero-order valence-electron chi connectivity index (χ0n) is 11.4. The second kappa shape index (κ2) is 5.60. The van der Waals surface area contributed by atoms with Gasteiger partial charge >= 0.3 is 0 Å². The Morgan fingerprint density at radius 2 is 2.14 bits per heavy atom. The number of nitrogens with zero attached hydrogens (tertiary/aromatic N) is 2. The van der Waals surface area contributed by atoms with Gasteiger partial charge in [-0.25, -0.2) is 4.39 Å². The largest absolute Gasteiger partial charge is 0.346 e. The number of hydrogen-bond acceptors (Lipinski definition) is 4. The summed E-state index contributed by atoms with van der Waals surface area (Å²) in [6.07, 6.45) is 2.93. The third kappa shape index (κ3) is 2.77. The first kappa shape index (κ1) is 13.7. The van der Waals surface area contributed by atoms with Crippen LogP contribution in [0.2, 0.25) is 0 Å². The molecule has 0 bridgehead atoms. The van der Waals surface area contributed by atoms with Gasteiger partial charge in [0.15, 0.2) is 6.29 Å². The van der Waals surface area contributed by atoms with E-state index in [0.29, 0.717) is 12.2 Å². The van der Waals surface area contributed by atoms with Crippen LogP contribution >= 0.6 is 0 Å². The van der Waals surface area contributed by atoms with E-state index in [1.54, 1.807) is 24.5 Å². The van der Waals surface area contributed by atoms with Crippen LogP contribution in [0.5, 0.6) is 0 Å². The summed E-state index contributed by atoms with van der Waals surface area (Å²) in [6.45, 7) is 2.48. The predicted octanol–water partition coefficient (Wildman–Crippen LogP) is 3.19. The van der Waals surface area contributed by atoms with E-state index in [4.69, 9.17) is 14.7 Å². The van der Waals surface area contributed by atoms with Crippen LogP contribution in [0.1, 0.15) is 24.3 Å². The van der Waals surface area contributed by atoms with Crippen molar-refractivity contribution in [2.75, 3.05) is 6.61 Å². The van der Waals surface area contributed by atoms with Crippen LogP contribution in [0.15, 0.2) is 36.7 Å². The maximum atomic E-state index is 13.7. The number of pyridine rings is 1. The highest BCUT2D eigenvalue weighted by molar-refractivity contribution is 5.64. The van der Waals surface area contributed by atoms with E-state index in [2.05, 4.69) is 4.98 Å². The van der Waals surface area contributed by atoms with E-state index in [1.807, 2.05) is 13.0 Å². The molecular formula is C16H13FN2O2. The Bertz CT molecular complexity index is 712. The van der Waals surface area contributed by atoms with Crippen molar-refractivity contribution in [2.24, 2.45) is 0 Å². The Balaban J connectivity index is 1.93. The zero-order chi connectivity index (χ0) is 14.8. The molecule has 0 radical (unpaired) electrons. The number of ether oxygens (including phenoxy) is 2. The van der Waals surface area contributed by atoms with Gasteiger partial charge in [0.25, 0.3) is 0 Å².